The molecule has 0 aliphatic rings. The molecule has 4 nitrogen and oxygen atoms in total. The van der Waals surface area contributed by atoms with Crippen molar-refractivity contribution in [2.75, 3.05) is 13.4 Å². The van der Waals surface area contributed by atoms with E-state index in [0.29, 0.717) is 5.56 Å². The molecule has 0 aliphatic heterocycles. The van der Waals surface area contributed by atoms with Crippen LogP contribution in [0.2, 0.25) is 0 Å². The lowest BCUT2D eigenvalue weighted by molar-refractivity contribution is 0.0977. The smallest absolute Gasteiger partial charge is 0.258 e. The summed E-state index contributed by atoms with van der Waals surface area (Å²) in [4.78, 5) is 13.2. The Morgan fingerprint density at radius 1 is 1.39 bits per heavy atom. The van der Waals surface area contributed by atoms with E-state index in [-0.39, 0.29) is 11.1 Å². The number of carbonyl (C=O) groups excluding carboxylic acids is 1. The fourth-order valence-electron chi connectivity index (χ4n) is 2.15. The fraction of sp³-hybridized carbons (Fsp3) is 0.250. The van der Waals surface area contributed by atoms with Crippen LogP contribution in [0.15, 0.2) is 34.1 Å². The van der Waals surface area contributed by atoms with Gasteiger partial charge < -0.3 is 10.1 Å². The quantitative estimate of drug-likeness (QED) is 0.567. The molecular weight excluding hydrogens is 396 g/mol. The Balaban J connectivity index is 2.11. The zero-order valence-corrected chi connectivity index (χ0v) is 16.0. The Hall–Kier alpha value is -1.31. The number of ether oxygens (including phenoxy) is 1. The number of benzene rings is 1. The maximum absolute atomic E-state index is 12.2. The first kappa shape index (κ1) is 18.0. The Kier molecular flexibility index (Phi) is 6.68. The van der Waals surface area contributed by atoms with Crippen LogP contribution in [0.4, 0.5) is 0 Å². The third-order valence-corrected chi connectivity index (χ3v) is 5.27. The van der Waals surface area contributed by atoms with Crippen molar-refractivity contribution in [2.45, 2.75) is 12.8 Å². The first-order valence-corrected chi connectivity index (χ1v) is 9.77. The van der Waals surface area contributed by atoms with Crippen LogP contribution in [0, 0.1) is 5.41 Å². The predicted octanol–water partition coefficient (Wildman–Crippen LogP) is 4.33. The van der Waals surface area contributed by atoms with Crippen LogP contribution in [-0.2, 0) is 12.8 Å². The molecule has 1 amide bonds. The third kappa shape index (κ3) is 4.83. The van der Waals surface area contributed by atoms with Crippen molar-refractivity contribution in [2.24, 2.45) is 0 Å². The van der Waals surface area contributed by atoms with E-state index in [9.17, 15) is 4.79 Å². The second kappa shape index (κ2) is 8.52. The summed E-state index contributed by atoms with van der Waals surface area (Å²) in [5, 5.41) is 12.2. The zero-order valence-electron chi connectivity index (χ0n) is 12.8. The van der Waals surface area contributed by atoms with Crippen LogP contribution in [-0.4, -0.2) is 24.4 Å². The number of hydrogen-bond acceptors (Lipinski definition) is 5. The minimum Gasteiger partial charge on any atom is -0.496 e. The number of nitrogens with one attached hydrogen (secondary N) is 2. The highest BCUT2D eigenvalue weighted by Gasteiger charge is 2.15. The van der Waals surface area contributed by atoms with E-state index in [1.54, 1.807) is 30.8 Å². The van der Waals surface area contributed by atoms with Gasteiger partial charge in [0.2, 0.25) is 0 Å². The first-order chi connectivity index (χ1) is 11.0. The van der Waals surface area contributed by atoms with Crippen molar-refractivity contribution >= 4 is 50.1 Å². The summed E-state index contributed by atoms with van der Waals surface area (Å²) in [5.41, 5.74) is 1.74. The van der Waals surface area contributed by atoms with Crippen molar-refractivity contribution in [3.05, 3.63) is 50.1 Å². The highest BCUT2D eigenvalue weighted by atomic mass is 79.9. The fourth-order valence-corrected chi connectivity index (χ4v) is 3.63. The molecule has 0 radical (unpaired) electrons. The van der Waals surface area contributed by atoms with Crippen LogP contribution in [0.1, 0.15) is 20.8 Å². The molecule has 0 saturated heterocycles. The summed E-state index contributed by atoms with van der Waals surface area (Å²) in [6.07, 6.45) is 3.29. The van der Waals surface area contributed by atoms with Crippen LogP contribution in [0.3, 0.4) is 0 Å². The Morgan fingerprint density at radius 2 is 2.17 bits per heavy atom. The van der Waals surface area contributed by atoms with Gasteiger partial charge in [0.15, 0.2) is 5.17 Å². The van der Waals surface area contributed by atoms with Crippen molar-refractivity contribution in [1.29, 1.82) is 5.41 Å². The molecule has 0 fully saturated rings. The van der Waals surface area contributed by atoms with Crippen LogP contribution in [0.5, 0.6) is 5.75 Å². The number of aryl methyl sites for hydroxylation is 2. The number of amidine groups is 1. The van der Waals surface area contributed by atoms with Gasteiger partial charge in [-0.1, -0.05) is 27.7 Å². The molecule has 0 spiro atoms. The van der Waals surface area contributed by atoms with E-state index >= 15 is 0 Å². The summed E-state index contributed by atoms with van der Waals surface area (Å²) >= 11 is 6.24. The predicted molar refractivity (Wildman–Crippen MR) is 101 cm³/mol. The van der Waals surface area contributed by atoms with E-state index in [1.165, 1.54) is 11.8 Å². The number of halogens is 1. The molecule has 0 saturated carbocycles. The van der Waals surface area contributed by atoms with Crippen molar-refractivity contribution in [3.8, 4) is 5.75 Å². The second-order valence-corrected chi connectivity index (χ2v) is 7.43. The van der Waals surface area contributed by atoms with Gasteiger partial charge in [-0.3, -0.25) is 10.2 Å². The maximum atomic E-state index is 12.2. The minimum atomic E-state index is -0.221. The standard InChI is InChI=1S/C16H17BrN2O2S2/c1-21-13-5-4-11(17)9-10(13)3-6-14-12(7-8-23-14)15(20)19-16(18)22-2/h4-5,7-9H,3,6H2,1-2H3,(H2,18,19,20). The van der Waals surface area contributed by atoms with Crippen molar-refractivity contribution in [3.63, 3.8) is 0 Å². The summed E-state index contributed by atoms with van der Waals surface area (Å²) < 4.78 is 6.39. The molecule has 7 heteroatoms. The monoisotopic (exact) mass is 412 g/mol. The molecule has 2 aromatic rings. The van der Waals surface area contributed by atoms with Crippen molar-refractivity contribution < 1.29 is 9.53 Å². The molecule has 1 aromatic carbocycles. The largest absolute Gasteiger partial charge is 0.496 e. The Morgan fingerprint density at radius 3 is 2.87 bits per heavy atom. The van der Waals surface area contributed by atoms with E-state index < -0.39 is 0 Å². The second-order valence-electron chi connectivity index (χ2n) is 4.70. The van der Waals surface area contributed by atoms with Gasteiger partial charge in [-0.05, 0) is 54.3 Å². The van der Waals surface area contributed by atoms with Gasteiger partial charge in [0.1, 0.15) is 5.75 Å². The number of amides is 1. The van der Waals surface area contributed by atoms with Gasteiger partial charge in [-0.2, -0.15) is 0 Å². The molecule has 0 aliphatic carbocycles. The lowest BCUT2D eigenvalue weighted by Gasteiger charge is -2.09. The van der Waals surface area contributed by atoms with E-state index in [1.807, 2.05) is 23.6 Å². The van der Waals surface area contributed by atoms with E-state index in [2.05, 4.69) is 21.2 Å². The number of hydrogen-bond donors (Lipinski definition) is 2. The van der Waals surface area contributed by atoms with Gasteiger partial charge in [0.25, 0.3) is 5.91 Å². The summed E-state index contributed by atoms with van der Waals surface area (Å²) in [6, 6.07) is 7.72. The van der Waals surface area contributed by atoms with E-state index in [4.69, 9.17) is 10.1 Å². The maximum Gasteiger partial charge on any atom is 0.258 e. The number of thiophene rings is 1. The number of thioether (sulfide) groups is 1. The lowest BCUT2D eigenvalue weighted by atomic mass is 10.1. The molecule has 0 atom stereocenters. The van der Waals surface area contributed by atoms with Gasteiger partial charge in [-0.25, -0.2) is 0 Å². The topological polar surface area (TPSA) is 62.2 Å². The van der Waals surface area contributed by atoms with Gasteiger partial charge in [-0.15, -0.1) is 11.3 Å². The summed E-state index contributed by atoms with van der Waals surface area (Å²) in [5.74, 6) is 0.627. The van der Waals surface area contributed by atoms with Crippen LogP contribution >= 0.6 is 39.0 Å². The Labute approximate surface area is 152 Å². The normalized spacial score (nSPS) is 10.4. The molecule has 0 unspecified atom stereocenters. The summed E-state index contributed by atoms with van der Waals surface area (Å²) in [7, 11) is 1.66. The molecule has 122 valence electrons. The molecule has 23 heavy (non-hydrogen) atoms. The molecular formula is C16H17BrN2O2S2. The van der Waals surface area contributed by atoms with Crippen molar-refractivity contribution in [1.82, 2.24) is 5.32 Å². The summed E-state index contributed by atoms with van der Waals surface area (Å²) in [6.45, 7) is 0. The Bertz CT molecular complexity index is 716. The third-order valence-electron chi connectivity index (χ3n) is 3.29. The van der Waals surface area contributed by atoms with E-state index in [0.717, 1.165) is 33.5 Å². The van der Waals surface area contributed by atoms with Crippen LogP contribution < -0.4 is 10.1 Å². The van der Waals surface area contributed by atoms with Crippen LogP contribution in [0.25, 0.3) is 0 Å². The molecule has 2 N–H and O–H groups in total. The van der Waals surface area contributed by atoms with Gasteiger partial charge >= 0.3 is 0 Å². The minimum absolute atomic E-state index is 0.154. The molecule has 1 heterocycles. The average molecular weight is 413 g/mol. The van der Waals surface area contributed by atoms with Gasteiger partial charge in [0, 0.05) is 9.35 Å². The SMILES string of the molecule is COc1ccc(Br)cc1CCc1sccc1C(=O)NC(=N)SC. The number of carbonyl (C=O) groups is 1. The first-order valence-electron chi connectivity index (χ1n) is 6.87. The average Bonchev–Trinajstić information content (AvgIpc) is 3.01. The number of methoxy groups -OCH3 is 1. The molecule has 2 rings (SSSR count). The number of rotatable bonds is 5. The lowest BCUT2D eigenvalue weighted by Crippen LogP contribution is -2.27. The zero-order chi connectivity index (χ0) is 16.8. The highest BCUT2D eigenvalue weighted by Crippen LogP contribution is 2.26. The molecule has 1 aromatic heterocycles. The van der Waals surface area contributed by atoms with Gasteiger partial charge in [0.05, 0.1) is 12.7 Å². The molecule has 0 bridgehead atoms. The highest BCUT2D eigenvalue weighted by molar-refractivity contribution is 9.10.